The summed E-state index contributed by atoms with van der Waals surface area (Å²) in [6.07, 6.45) is 6.02. The van der Waals surface area contributed by atoms with Crippen molar-refractivity contribution in [2.45, 2.75) is 61.4 Å². The smallest absolute Gasteiger partial charge is 0.190 e. The summed E-state index contributed by atoms with van der Waals surface area (Å²) in [6.45, 7) is 0. The van der Waals surface area contributed by atoms with E-state index in [1.54, 1.807) is 0 Å². The largest absolute Gasteiger partial charge is 0.368 e. The predicted octanol–water partition coefficient (Wildman–Crippen LogP) is 3.79. The van der Waals surface area contributed by atoms with Crippen LogP contribution in [0.2, 0.25) is 0 Å². The Morgan fingerprint density at radius 3 is 1.73 bits per heavy atom. The predicted molar refractivity (Wildman–Crippen MR) is 65.5 cm³/mol. The van der Waals surface area contributed by atoms with Crippen LogP contribution in [0.15, 0.2) is 0 Å². The Morgan fingerprint density at radius 1 is 0.800 bits per heavy atom. The van der Waals surface area contributed by atoms with Crippen LogP contribution in [-0.2, 0) is 0 Å². The first-order chi connectivity index (χ1) is 6.92. The molecule has 0 aromatic rings. The standard InChI is InChI=1S/C10H19Cl3O2/c11-10(12,13)8-6-4-2-1-3-5-7-9(14)15/h9,14-15H,1-8H2. The molecule has 0 spiro atoms. The van der Waals surface area contributed by atoms with Gasteiger partial charge in [0, 0.05) is 0 Å². The zero-order valence-corrected chi connectivity index (χ0v) is 11.0. The summed E-state index contributed by atoms with van der Waals surface area (Å²) in [6, 6.07) is 0. The number of aliphatic hydroxyl groups excluding tert-OH is 1. The number of hydrogen-bond donors (Lipinski definition) is 2. The lowest BCUT2D eigenvalue weighted by atomic mass is 10.1. The van der Waals surface area contributed by atoms with Crippen LogP contribution in [0.1, 0.15) is 51.4 Å². The third-order valence-corrected chi connectivity index (χ3v) is 2.74. The zero-order valence-electron chi connectivity index (χ0n) is 8.76. The molecule has 0 rings (SSSR count). The van der Waals surface area contributed by atoms with Gasteiger partial charge in [0.2, 0.25) is 0 Å². The normalized spacial score (nSPS) is 12.4. The van der Waals surface area contributed by atoms with Crippen molar-refractivity contribution in [2.24, 2.45) is 0 Å². The molecule has 0 heterocycles. The number of aliphatic hydroxyl groups is 2. The molecule has 0 fully saturated rings. The van der Waals surface area contributed by atoms with Crippen molar-refractivity contribution in [3.05, 3.63) is 0 Å². The van der Waals surface area contributed by atoms with Crippen LogP contribution in [0.5, 0.6) is 0 Å². The third-order valence-electron chi connectivity index (χ3n) is 2.17. The molecule has 92 valence electrons. The van der Waals surface area contributed by atoms with Gasteiger partial charge >= 0.3 is 0 Å². The number of alkyl halides is 3. The van der Waals surface area contributed by atoms with Crippen LogP contribution in [0.25, 0.3) is 0 Å². The van der Waals surface area contributed by atoms with E-state index in [9.17, 15) is 0 Å². The molecule has 0 saturated heterocycles. The van der Waals surface area contributed by atoms with Gasteiger partial charge in [0.25, 0.3) is 0 Å². The van der Waals surface area contributed by atoms with Crippen LogP contribution in [0.4, 0.5) is 0 Å². The fraction of sp³-hybridized carbons (Fsp3) is 1.00. The van der Waals surface area contributed by atoms with Crippen molar-refractivity contribution < 1.29 is 10.2 Å². The fourth-order valence-corrected chi connectivity index (χ4v) is 1.76. The highest BCUT2D eigenvalue weighted by atomic mass is 35.6. The van der Waals surface area contributed by atoms with E-state index in [1.807, 2.05) is 0 Å². The molecule has 0 aliphatic carbocycles. The molecule has 0 aliphatic heterocycles. The van der Waals surface area contributed by atoms with Gasteiger partial charge < -0.3 is 10.2 Å². The Balaban J connectivity index is 3.06. The van der Waals surface area contributed by atoms with Crippen LogP contribution in [0, 0.1) is 0 Å². The fourth-order valence-electron chi connectivity index (χ4n) is 1.36. The molecule has 0 bridgehead atoms. The van der Waals surface area contributed by atoms with Gasteiger partial charge in [0.1, 0.15) is 0 Å². The number of halogens is 3. The lowest BCUT2D eigenvalue weighted by Crippen LogP contribution is -2.03. The van der Waals surface area contributed by atoms with E-state index >= 15 is 0 Å². The third kappa shape index (κ3) is 14.8. The number of hydrogen-bond acceptors (Lipinski definition) is 2. The maximum Gasteiger partial charge on any atom is 0.190 e. The molecule has 0 saturated carbocycles. The summed E-state index contributed by atoms with van der Waals surface area (Å²) in [4.78, 5) is 0. The molecule has 0 aliphatic rings. The van der Waals surface area contributed by atoms with Gasteiger partial charge in [0.05, 0.1) is 0 Å². The molecule has 0 radical (unpaired) electrons. The van der Waals surface area contributed by atoms with Crippen LogP contribution >= 0.6 is 34.8 Å². The average molecular weight is 278 g/mol. The number of rotatable bonds is 8. The molecule has 2 N–H and O–H groups in total. The topological polar surface area (TPSA) is 40.5 Å². The van der Waals surface area contributed by atoms with E-state index in [1.165, 1.54) is 0 Å². The van der Waals surface area contributed by atoms with Crippen molar-refractivity contribution in [3.63, 3.8) is 0 Å². The summed E-state index contributed by atoms with van der Waals surface area (Å²) >= 11 is 16.8. The van der Waals surface area contributed by atoms with E-state index in [2.05, 4.69) is 0 Å². The minimum Gasteiger partial charge on any atom is -0.368 e. The summed E-state index contributed by atoms with van der Waals surface area (Å²) in [7, 11) is 0. The maximum absolute atomic E-state index is 8.59. The molecule has 0 amide bonds. The van der Waals surface area contributed by atoms with Crippen molar-refractivity contribution >= 4 is 34.8 Å². The first-order valence-electron chi connectivity index (χ1n) is 5.35. The quantitative estimate of drug-likeness (QED) is 0.403. The monoisotopic (exact) mass is 276 g/mol. The lowest BCUT2D eigenvalue weighted by Gasteiger charge is -2.09. The van der Waals surface area contributed by atoms with Gasteiger partial charge in [-0.3, -0.25) is 0 Å². The minimum atomic E-state index is -1.16. The summed E-state index contributed by atoms with van der Waals surface area (Å²) < 4.78 is -1.11. The Hall–Kier alpha value is 0.790. The van der Waals surface area contributed by atoms with Gasteiger partial charge in [-0.2, -0.15) is 0 Å². The SMILES string of the molecule is OC(O)CCCCCCCCC(Cl)(Cl)Cl. The molecular formula is C10H19Cl3O2. The van der Waals surface area contributed by atoms with Crippen LogP contribution in [0.3, 0.4) is 0 Å². The molecule has 0 aromatic heterocycles. The maximum atomic E-state index is 8.59. The molecule has 15 heavy (non-hydrogen) atoms. The summed E-state index contributed by atoms with van der Waals surface area (Å²) in [5.74, 6) is 0. The second-order valence-electron chi connectivity index (χ2n) is 3.76. The Morgan fingerprint density at radius 2 is 1.27 bits per heavy atom. The van der Waals surface area contributed by atoms with Crippen molar-refractivity contribution in [1.82, 2.24) is 0 Å². The van der Waals surface area contributed by atoms with Gasteiger partial charge in [-0.25, -0.2) is 0 Å². The van der Waals surface area contributed by atoms with Gasteiger partial charge in [0.15, 0.2) is 10.1 Å². The highest BCUT2D eigenvalue weighted by Gasteiger charge is 2.17. The molecule has 0 aromatic carbocycles. The second kappa shape index (κ2) is 8.89. The van der Waals surface area contributed by atoms with E-state index in [0.29, 0.717) is 12.8 Å². The highest BCUT2D eigenvalue weighted by molar-refractivity contribution is 6.67. The zero-order chi connectivity index (χ0) is 11.7. The van der Waals surface area contributed by atoms with Crippen LogP contribution < -0.4 is 0 Å². The van der Waals surface area contributed by atoms with Gasteiger partial charge in [-0.1, -0.05) is 60.5 Å². The van der Waals surface area contributed by atoms with Crippen molar-refractivity contribution in [3.8, 4) is 0 Å². The minimum absolute atomic E-state index is 0.466. The lowest BCUT2D eigenvalue weighted by molar-refractivity contribution is -0.0466. The molecular weight excluding hydrogens is 258 g/mol. The van der Waals surface area contributed by atoms with E-state index in [0.717, 1.165) is 38.5 Å². The molecule has 0 unspecified atom stereocenters. The van der Waals surface area contributed by atoms with Gasteiger partial charge in [-0.05, 0) is 25.7 Å². The van der Waals surface area contributed by atoms with Crippen molar-refractivity contribution in [1.29, 1.82) is 0 Å². The molecule has 2 nitrogen and oxygen atoms in total. The summed E-state index contributed by atoms with van der Waals surface area (Å²) in [5.41, 5.74) is 0. The van der Waals surface area contributed by atoms with E-state index < -0.39 is 10.1 Å². The van der Waals surface area contributed by atoms with E-state index in [4.69, 9.17) is 45.0 Å². The van der Waals surface area contributed by atoms with Crippen LogP contribution in [-0.4, -0.2) is 20.3 Å². The van der Waals surface area contributed by atoms with Gasteiger partial charge in [-0.15, -0.1) is 0 Å². The Kier molecular flexibility index (Phi) is 9.35. The summed E-state index contributed by atoms with van der Waals surface area (Å²) in [5, 5.41) is 17.2. The first kappa shape index (κ1) is 15.8. The average Bonchev–Trinajstić information content (AvgIpc) is 2.07. The van der Waals surface area contributed by atoms with Crippen molar-refractivity contribution in [2.75, 3.05) is 0 Å². The second-order valence-corrected chi connectivity index (χ2v) is 6.27. The number of unbranched alkanes of at least 4 members (excludes halogenated alkanes) is 5. The Labute approximate surface area is 107 Å². The highest BCUT2D eigenvalue weighted by Crippen LogP contribution is 2.32. The molecule has 5 heteroatoms. The Bertz CT molecular complexity index is 146. The van der Waals surface area contributed by atoms with E-state index in [-0.39, 0.29) is 0 Å². The first-order valence-corrected chi connectivity index (χ1v) is 6.48. The molecule has 0 atom stereocenters.